The number of hydrogen-bond acceptors (Lipinski definition) is 2. The highest BCUT2D eigenvalue weighted by Crippen LogP contribution is 2.24. The van der Waals surface area contributed by atoms with Crippen LogP contribution in [0.1, 0.15) is 50.0 Å². The largest absolute Gasteiger partial charge is 0.462 e. The summed E-state index contributed by atoms with van der Waals surface area (Å²) in [6.07, 6.45) is 1.05. The third-order valence-electron chi connectivity index (χ3n) is 2.82. The van der Waals surface area contributed by atoms with E-state index in [0.29, 0.717) is 18.1 Å². The number of esters is 1. The molecular weight excluding hydrogens is 224 g/mol. The van der Waals surface area contributed by atoms with Crippen molar-refractivity contribution in [2.24, 2.45) is 11.3 Å². The molecule has 0 amide bonds. The lowest BCUT2D eigenvalue weighted by molar-refractivity contribution is 0.0420. The Bertz CT molecular complexity index is 402. The quantitative estimate of drug-likeness (QED) is 0.745. The second-order valence-corrected chi connectivity index (χ2v) is 6.28. The Balaban J connectivity index is 2.50. The van der Waals surface area contributed by atoms with Crippen LogP contribution in [0, 0.1) is 18.3 Å². The van der Waals surface area contributed by atoms with E-state index in [1.54, 1.807) is 0 Å². The predicted molar refractivity (Wildman–Crippen MR) is 74.7 cm³/mol. The van der Waals surface area contributed by atoms with Gasteiger partial charge in [0.25, 0.3) is 0 Å². The van der Waals surface area contributed by atoms with Gasteiger partial charge in [0.2, 0.25) is 0 Å². The maximum Gasteiger partial charge on any atom is 0.338 e. The lowest BCUT2D eigenvalue weighted by Crippen LogP contribution is -2.18. The molecule has 0 saturated carbocycles. The Hall–Kier alpha value is -1.31. The Morgan fingerprint density at radius 3 is 2.44 bits per heavy atom. The van der Waals surface area contributed by atoms with Crippen LogP contribution >= 0.6 is 0 Å². The van der Waals surface area contributed by atoms with Crippen LogP contribution in [0.4, 0.5) is 0 Å². The third kappa shape index (κ3) is 4.91. The molecule has 0 aromatic heterocycles. The standard InChI is InChI=1S/C16H24O2/c1-12(10-16(3,4)5)11-18-15(17)14-9-7-6-8-13(14)2/h6-9,12H,10-11H2,1-5H3. The van der Waals surface area contributed by atoms with E-state index in [0.717, 1.165) is 12.0 Å². The Labute approximate surface area is 110 Å². The van der Waals surface area contributed by atoms with Crippen molar-refractivity contribution in [1.29, 1.82) is 0 Å². The number of ether oxygens (including phenoxy) is 1. The highest BCUT2D eigenvalue weighted by atomic mass is 16.5. The average Bonchev–Trinajstić information content (AvgIpc) is 2.24. The highest BCUT2D eigenvalue weighted by molar-refractivity contribution is 5.90. The van der Waals surface area contributed by atoms with Crippen LogP contribution < -0.4 is 0 Å². The van der Waals surface area contributed by atoms with E-state index in [9.17, 15) is 4.79 Å². The number of rotatable bonds is 4. The van der Waals surface area contributed by atoms with Crippen molar-refractivity contribution in [2.75, 3.05) is 6.61 Å². The number of benzene rings is 1. The van der Waals surface area contributed by atoms with Crippen LogP contribution in [0.2, 0.25) is 0 Å². The Morgan fingerprint density at radius 2 is 1.89 bits per heavy atom. The molecular formula is C16H24O2. The monoisotopic (exact) mass is 248 g/mol. The van der Waals surface area contributed by atoms with Gasteiger partial charge in [-0.3, -0.25) is 0 Å². The molecule has 0 aliphatic carbocycles. The molecule has 1 aromatic carbocycles. The van der Waals surface area contributed by atoms with Gasteiger partial charge in [-0.15, -0.1) is 0 Å². The molecule has 2 heteroatoms. The van der Waals surface area contributed by atoms with E-state index in [-0.39, 0.29) is 11.4 Å². The third-order valence-corrected chi connectivity index (χ3v) is 2.82. The van der Waals surface area contributed by atoms with E-state index in [1.165, 1.54) is 0 Å². The molecule has 0 aliphatic rings. The number of hydrogen-bond donors (Lipinski definition) is 0. The molecule has 0 radical (unpaired) electrons. The van der Waals surface area contributed by atoms with E-state index in [2.05, 4.69) is 27.7 Å². The maximum atomic E-state index is 11.9. The summed E-state index contributed by atoms with van der Waals surface area (Å²) in [5, 5.41) is 0. The first-order chi connectivity index (χ1) is 8.29. The van der Waals surface area contributed by atoms with E-state index >= 15 is 0 Å². The van der Waals surface area contributed by atoms with Gasteiger partial charge in [-0.1, -0.05) is 45.9 Å². The second kappa shape index (κ2) is 6.03. The molecule has 1 unspecified atom stereocenters. The first-order valence-corrected chi connectivity index (χ1v) is 6.52. The van der Waals surface area contributed by atoms with Crippen LogP contribution in [0.15, 0.2) is 24.3 Å². The average molecular weight is 248 g/mol. The summed E-state index contributed by atoms with van der Waals surface area (Å²) < 4.78 is 5.38. The van der Waals surface area contributed by atoms with Crippen molar-refractivity contribution in [2.45, 2.75) is 41.0 Å². The molecule has 18 heavy (non-hydrogen) atoms. The fraction of sp³-hybridized carbons (Fsp3) is 0.562. The van der Waals surface area contributed by atoms with Crippen molar-refractivity contribution in [3.05, 3.63) is 35.4 Å². The van der Waals surface area contributed by atoms with Crippen LogP contribution in [-0.2, 0) is 4.74 Å². The smallest absolute Gasteiger partial charge is 0.338 e. The van der Waals surface area contributed by atoms with Crippen molar-refractivity contribution in [3.8, 4) is 0 Å². The molecule has 0 saturated heterocycles. The SMILES string of the molecule is Cc1ccccc1C(=O)OCC(C)CC(C)(C)C. The summed E-state index contributed by atoms with van der Waals surface area (Å²) in [6, 6.07) is 7.53. The minimum absolute atomic E-state index is 0.214. The summed E-state index contributed by atoms with van der Waals surface area (Å²) >= 11 is 0. The van der Waals surface area contributed by atoms with Gasteiger partial charge in [-0.05, 0) is 36.3 Å². The van der Waals surface area contributed by atoms with Crippen molar-refractivity contribution in [1.82, 2.24) is 0 Å². The van der Waals surface area contributed by atoms with Crippen LogP contribution in [0.3, 0.4) is 0 Å². The second-order valence-electron chi connectivity index (χ2n) is 6.28. The van der Waals surface area contributed by atoms with E-state index in [1.807, 2.05) is 31.2 Å². The molecule has 0 heterocycles. The van der Waals surface area contributed by atoms with Gasteiger partial charge in [0, 0.05) is 0 Å². The summed E-state index contributed by atoms with van der Waals surface area (Å²) in [4.78, 5) is 11.9. The zero-order valence-corrected chi connectivity index (χ0v) is 12.1. The molecule has 1 aromatic rings. The van der Waals surface area contributed by atoms with Gasteiger partial charge in [0.05, 0.1) is 12.2 Å². The number of carbonyl (C=O) groups excluding carboxylic acids is 1. The molecule has 0 aliphatic heterocycles. The maximum absolute atomic E-state index is 11.9. The minimum Gasteiger partial charge on any atom is -0.462 e. The fourth-order valence-corrected chi connectivity index (χ4v) is 2.20. The first-order valence-electron chi connectivity index (χ1n) is 6.52. The first kappa shape index (κ1) is 14.7. The summed E-state index contributed by atoms with van der Waals surface area (Å²) in [5.41, 5.74) is 1.90. The Morgan fingerprint density at radius 1 is 1.28 bits per heavy atom. The van der Waals surface area contributed by atoms with Crippen LogP contribution in [-0.4, -0.2) is 12.6 Å². The van der Waals surface area contributed by atoms with Gasteiger partial charge in [0.1, 0.15) is 0 Å². The topological polar surface area (TPSA) is 26.3 Å². The highest BCUT2D eigenvalue weighted by Gasteiger charge is 2.17. The molecule has 0 spiro atoms. The van der Waals surface area contributed by atoms with Gasteiger partial charge >= 0.3 is 5.97 Å². The molecule has 0 bridgehead atoms. The molecule has 1 atom stereocenters. The van der Waals surface area contributed by atoms with Crippen molar-refractivity contribution in [3.63, 3.8) is 0 Å². The summed E-state index contributed by atoms with van der Waals surface area (Å²) in [6.45, 7) is 11.1. The summed E-state index contributed by atoms with van der Waals surface area (Å²) in [5.74, 6) is 0.173. The number of carbonyl (C=O) groups is 1. The van der Waals surface area contributed by atoms with E-state index < -0.39 is 0 Å². The zero-order chi connectivity index (χ0) is 13.8. The van der Waals surface area contributed by atoms with Crippen molar-refractivity contribution < 1.29 is 9.53 Å². The molecule has 0 N–H and O–H groups in total. The molecule has 1 rings (SSSR count). The summed E-state index contributed by atoms with van der Waals surface area (Å²) in [7, 11) is 0. The lowest BCUT2D eigenvalue weighted by Gasteiger charge is -2.23. The lowest BCUT2D eigenvalue weighted by atomic mass is 9.86. The van der Waals surface area contributed by atoms with Crippen LogP contribution in [0.25, 0.3) is 0 Å². The molecule has 0 fully saturated rings. The Kier molecular flexibility index (Phi) is 4.94. The normalized spacial score (nSPS) is 13.2. The number of aryl methyl sites for hydroxylation is 1. The molecule has 2 nitrogen and oxygen atoms in total. The zero-order valence-electron chi connectivity index (χ0n) is 12.1. The van der Waals surface area contributed by atoms with Gasteiger partial charge in [-0.2, -0.15) is 0 Å². The van der Waals surface area contributed by atoms with Gasteiger partial charge in [0.15, 0.2) is 0 Å². The predicted octanol–water partition coefficient (Wildman–Crippen LogP) is 4.22. The van der Waals surface area contributed by atoms with E-state index in [4.69, 9.17) is 4.74 Å². The van der Waals surface area contributed by atoms with Gasteiger partial charge in [-0.25, -0.2) is 4.79 Å². The van der Waals surface area contributed by atoms with Gasteiger partial charge < -0.3 is 4.74 Å². The fourth-order valence-electron chi connectivity index (χ4n) is 2.20. The van der Waals surface area contributed by atoms with Crippen molar-refractivity contribution >= 4 is 5.97 Å². The molecule has 100 valence electrons. The minimum atomic E-state index is -0.214. The van der Waals surface area contributed by atoms with Crippen LogP contribution in [0.5, 0.6) is 0 Å².